The van der Waals surface area contributed by atoms with Gasteiger partial charge in [-0.2, -0.15) is 0 Å². The fourth-order valence-corrected chi connectivity index (χ4v) is 2.63. The van der Waals surface area contributed by atoms with E-state index in [4.69, 9.17) is 23.2 Å². The van der Waals surface area contributed by atoms with Crippen molar-refractivity contribution in [2.75, 3.05) is 0 Å². The lowest BCUT2D eigenvalue weighted by Crippen LogP contribution is -2.34. The molecule has 0 heterocycles. The van der Waals surface area contributed by atoms with E-state index in [0.29, 0.717) is 22.5 Å². The number of hydrogen-bond acceptors (Lipinski definition) is 1. The van der Waals surface area contributed by atoms with Crippen LogP contribution in [0.1, 0.15) is 45.7 Å². The van der Waals surface area contributed by atoms with Crippen molar-refractivity contribution in [2.45, 2.75) is 46.2 Å². The lowest BCUT2D eigenvalue weighted by atomic mass is 9.98. The molecule has 1 nitrogen and oxygen atoms in total. The van der Waals surface area contributed by atoms with E-state index in [1.54, 1.807) is 6.07 Å². The van der Waals surface area contributed by atoms with Gasteiger partial charge in [0.05, 0.1) is 5.02 Å². The molecule has 0 aliphatic heterocycles. The van der Waals surface area contributed by atoms with Crippen LogP contribution < -0.4 is 5.32 Å². The molecule has 3 atom stereocenters. The first-order valence-corrected chi connectivity index (χ1v) is 7.03. The predicted molar refractivity (Wildman–Crippen MR) is 76.9 cm³/mol. The molecular weight excluding hydrogens is 272 g/mol. The van der Waals surface area contributed by atoms with Crippen LogP contribution in [0.2, 0.25) is 10.0 Å². The Hall–Kier alpha value is -0.310. The molecule has 0 spiro atoms. The summed E-state index contributed by atoms with van der Waals surface area (Å²) in [7, 11) is 0. The van der Waals surface area contributed by atoms with E-state index in [1.165, 1.54) is 6.07 Å². The van der Waals surface area contributed by atoms with E-state index in [-0.39, 0.29) is 11.1 Å². The Morgan fingerprint density at radius 1 is 1.22 bits per heavy atom. The number of benzene rings is 1. The fourth-order valence-electron chi connectivity index (χ4n) is 1.94. The summed E-state index contributed by atoms with van der Waals surface area (Å²) in [5.74, 6) is 0.111. The number of nitrogens with one attached hydrogen (secondary N) is 1. The number of hydrogen-bond donors (Lipinski definition) is 1. The van der Waals surface area contributed by atoms with Crippen molar-refractivity contribution in [1.29, 1.82) is 0 Å². The maximum absolute atomic E-state index is 13.5. The first-order chi connectivity index (χ1) is 8.38. The molecule has 1 N–H and O–H groups in total. The molecule has 0 aliphatic rings. The Balaban J connectivity index is 2.91. The molecule has 1 aromatic carbocycles. The van der Waals surface area contributed by atoms with Gasteiger partial charge in [0.15, 0.2) is 0 Å². The summed E-state index contributed by atoms with van der Waals surface area (Å²) in [6, 6.07) is 3.08. The summed E-state index contributed by atoms with van der Waals surface area (Å²) in [5, 5.41) is 4.03. The molecule has 1 aromatic rings. The second kappa shape index (κ2) is 6.74. The molecule has 0 fully saturated rings. The van der Waals surface area contributed by atoms with Gasteiger partial charge in [-0.1, -0.05) is 43.5 Å². The summed E-state index contributed by atoms with van der Waals surface area (Å²) in [6.07, 6.45) is 1.09. The van der Waals surface area contributed by atoms with E-state index in [1.807, 2.05) is 6.92 Å². The van der Waals surface area contributed by atoms with Gasteiger partial charge in [-0.3, -0.25) is 0 Å². The second-order valence-electron chi connectivity index (χ2n) is 4.82. The molecule has 0 radical (unpaired) electrons. The van der Waals surface area contributed by atoms with E-state index in [9.17, 15) is 4.39 Å². The number of rotatable bonds is 5. The Kier molecular flexibility index (Phi) is 5.90. The van der Waals surface area contributed by atoms with Crippen molar-refractivity contribution < 1.29 is 4.39 Å². The van der Waals surface area contributed by atoms with Crippen LogP contribution in [0.5, 0.6) is 0 Å². The number of halogens is 3. The zero-order chi connectivity index (χ0) is 13.9. The van der Waals surface area contributed by atoms with Crippen molar-refractivity contribution >= 4 is 23.2 Å². The molecule has 0 amide bonds. The molecule has 0 aromatic heterocycles. The van der Waals surface area contributed by atoms with Crippen LogP contribution in [0.25, 0.3) is 0 Å². The van der Waals surface area contributed by atoms with E-state index in [0.717, 1.165) is 6.42 Å². The quantitative estimate of drug-likeness (QED) is 0.734. The third-order valence-electron chi connectivity index (χ3n) is 3.52. The summed E-state index contributed by atoms with van der Waals surface area (Å²) >= 11 is 12.1. The van der Waals surface area contributed by atoms with Gasteiger partial charge in [0.25, 0.3) is 0 Å². The predicted octanol–water partition coefficient (Wildman–Crippen LogP) is 5.22. The largest absolute Gasteiger partial charge is 0.307 e. The van der Waals surface area contributed by atoms with Crippen LogP contribution in [0.4, 0.5) is 4.39 Å². The second-order valence-corrected chi connectivity index (χ2v) is 5.60. The average Bonchev–Trinajstić information content (AvgIpc) is 2.33. The summed E-state index contributed by atoms with van der Waals surface area (Å²) in [6.45, 7) is 8.39. The van der Waals surface area contributed by atoms with Gasteiger partial charge in [0.2, 0.25) is 0 Å². The summed E-state index contributed by atoms with van der Waals surface area (Å²) < 4.78 is 13.5. The van der Waals surface area contributed by atoms with Crippen LogP contribution in [0, 0.1) is 11.7 Å². The highest BCUT2D eigenvalue weighted by molar-refractivity contribution is 6.36. The van der Waals surface area contributed by atoms with Crippen LogP contribution in [-0.4, -0.2) is 6.04 Å². The Morgan fingerprint density at radius 3 is 2.39 bits per heavy atom. The van der Waals surface area contributed by atoms with Gasteiger partial charge < -0.3 is 5.32 Å². The van der Waals surface area contributed by atoms with Crippen molar-refractivity contribution in [3.63, 3.8) is 0 Å². The Bertz CT molecular complexity index is 409. The fraction of sp³-hybridized carbons (Fsp3) is 0.571. The normalized spacial score (nSPS) is 16.4. The lowest BCUT2D eigenvalue weighted by molar-refractivity contribution is 0.360. The van der Waals surface area contributed by atoms with Crippen LogP contribution in [0.3, 0.4) is 0 Å². The molecule has 0 saturated heterocycles. The van der Waals surface area contributed by atoms with Crippen molar-refractivity contribution in [1.82, 2.24) is 5.32 Å². The zero-order valence-electron chi connectivity index (χ0n) is 11.2. The maximum Gasteiger partial charge on any atom is 0.142 e. The monoisotopic (exact) mass is 291 g/mol. The molecule has 18 heavy (non-hydrogen) atoms. The molecule has 102 valence electrons. The SMILES string of the molecule is CCC(C)C(C)NC(C)c1c(Cl)ccc(F)c1Cl. The average molecular weight is 292 g/mol. The van der Waals surface area contributed by atoms with Crippen LogP contribution in [-0.2, 0) is 0 Å². The highest BCUT2D eigenvalue weighted by atomic mass is 35.5. The van der Waals surface area contributed by atoms with E-state index < -0.39 is 5.82 Å². The van der Waals surface area contributed by atoms with Gasteiger partial charge in [0, 0.05) is 22.7 Å². The van der Waals surface area contributed by atoms with Crippen LogP contribution >= 0.6 is 23.2 Å². The maximum atomic E-state index is 13.5. The van der Waals surface area contributed by atoms with Crippen molar-refractivity contribution in [3.8, 4) is 0 Å². The molecule has 3 unspecified atom stereocenters. The third kappa shape index (κ3) is 3.59. The minimum atomic E-state index is -0.430. The molecule has 1 rings (SSSR count). The highest BCUT2D eigenvalue weighted by Gasteiger charge is 2.20. The lowest BCUT2D eigenvalue weighted by Gasteiger charge is -2.26. The van der Waals surface area contributed by atoms with Gasteiger partial charge in [0.1, 0.15) is 5.82 Å². The highest BCUT2D eigenvalue weighted by Crippen LogP contribution is 2.32. The standard InChI is InChI=1S/C14H20Cl2FN/c1-5-8(2)9(3)18-10(4)13-11(15)6-7-12(17)14(13)16/h6-10,18H,5H2,1-4H3. The van der Waals surface area contributed by atoms with Crippen molar-refractivity contribution in [2.24, 2.45) is 5.92 Å². The Labute approximate surface area is 119 Å². The van der Waals surface area contributed by atoms with Gasteiger partial charge in [-0.05, 0) is 31.9 Å². The van der Waals surface area contributed by atoms with Gasteiger partial charge in [-0.15, -0.1) is 0 Å². The topological polar surface area (TPSA) is 12.0 Å². The molecule has 0 aliphatic carbocycles. The summed E-state index contributed by atoms with van der Waals surface area (Å²) in [4.78, 5) is 0. The van der Waals surface area contributed by atoms with E-state index >= 15 is 0 Å². The minimum absolute atomic E-state index is 0.0790. The minimum Gasteiger partial charge on any atom is -0.307 e. The molecule has 0 saturated carbocycles. The third-order valence-corrected chi connectivity index (χ3v) is 4.24. The van der Waals surface area contributed by atoms with Gasteiger partial charge >= 0.3 is 0 Å². The first-order valence-electron chi connectivity index (χ1n) is 6.27. The molecule has 4 heteroatoms. The van der Waals surface area contributed by atoms with Crippen molar-refractivity contribution in [3.05, 3.63) is 33.6 Å². The van der Waals surface area contributed by atoms with Crippen LogP contribution in [0.15, 0.2) is 12.1 Å². The van der Waals surface area contributed by atoms with Gasteiger partial charge in [-0.25, -0.2) is 4.39 Å². The summed E-state index contributed by atoms with van der Waals surface area (Å²) in [5.41, 5.74) is 0.633. The molecular formula is C14H20Cl2FN. The smallest absolute Gasteiger partial charge is 0.142 e. The Morgan fingerprint density at radius 2 is 1.83 bits per heavy atom. The first kappa shape index (κ1) is 15.7. The van der Waals surface area contributed by atoms with E-state index in [2.05, 4.69) is 26.1 Å². The zero-order valence-corrected chi connectivity index (χ0v) is 12.7. The molecule has 0 bridgehead atoms.